The van der Waals surface area contributed by atoms with Crippen LogP contribution in [0.3, 0.4) is 0 Å². The summed E-state index contributed by atoms with van der Waals surface area (Å²) in [5.41, 5.74) is 0. The molecule has 3 atom stereocenters. The molecule has 0 aromatic heterocycles. The van der Waals surface area contributed by atoms with Crippen molar-refractivity contribution in [2.24, 2.45) is 11.8 Å². The lowest BCUT2D eigenvalue weighted by molar-refractivity contribution is 0.106. The van der Waals surface area contributed by atoms with E-state index < -0.39 is 0 Å². The lowest BCUT2D eigenvalue weighted by Gasteiger charge is -2.23. The number of rotatable bonds is 7. The first-order chi connectivity index (χ1) is 8.19. The topological polar surface area (TPSA) is 21.3 Å². The molecule has 0 saturated heterocycles. The number of hydrogen-bond acceptors (Lipinski definition) is 2. The van der Waals surface area contributed by atoms with E-state index in [0.29, 0.717) is 6.10 Å². The smallest absolute Gasteiger partial charge is 0.0586 e. The van der Waals surface area contributed by atoms with E-state index in [0.717, 1.165) is 23.9 Å². The third kappa shape index (κ3) is 4.26. The van der Waals surface area contributed by atoms with Crippen molar-refractivity contribution in [1.82, 2.24) is 5.32 Å². The molecule has 0 spiro atoms. The maximum Gasteiger partial charge on any atom is 0.0586 e. The zero-order chi connectivity index (χ0) is 12.3. The zero-order valence-corrected chi connectivity index (χ0v) is 11.7. The summed E-state index contributed by atoms with van der Waals surface area (Å²) in [4.78, 5) is 0. The van der Waals surface area contributed by atoms with Crippen molar-refractivity contribution in [3.05, 3.63) is 0 Å². The molecule has 100 valence electrons. The molecular formula is C15H29NO. The fraction of sp³-hybridized carbons (Fsp3) is 1.00. The van der Waals surface area contributed by atoms with Crippen molar-refractivity contribution < 1.29 is 4.74 Å². The molecule has 2 nitrogen and oxygen atoms in total. The minimum absolute atomic E-state index is 0.512. The summed E-state index contributed by atoms with van der Waals surface area (Å²) in [6, 6.07) is 1.51. The van der Waals surface area contributed by atoms with Crippen molar-refractivity contribution in [1.29, 1.82) is 0 Å². The molecule has 0 aromatic carbocycles. The van der Waals surface area contributed by atoms with Gasteiger partial charge in [-0.05, 0) is 56.8 Å². The van der Waals surface area contributed by atoms with Gasteiger partial charge in [0.25, 0.3) is 0 Å². The third-order valence-corrected chi connectivity index (χ3v) is 4.41. The van der Waals surface area contributed by atoms with Crippen LogP contribution in [-0.2, 0) is 4.74 Å². The molecule has 2 aliphatic rings. The Morgan fingerprint density at radius 3 is 2.41 bits per heavy atom. The zero-order valence-electron chi connectivity index (χ0n) is 11.7. The number of nitrogens with one attached hydrogen (secondary N) is 1. The van der Waals surface area contributed by atoms with E-state index in [1.54, 1.807) is 0 Å². The van der Waals surface area contributed by atoms with Crippen LogP contribution in [0.5, 0.6) is 0 Å². The Hall–Kier alpha value is -0.0800. The van der Waals surface area contributed by atoms with Gasteiger partial charge in [0, 0.05) is 19.2 Å². The fourth-order valence-corrected chi connectivity index (χ4v) is 3.07. The molecule has 2 heteroatoms. The van der Waals surface area contributed by atoms with Crippen LogP contribution in [0.15, 0.2) is 0 Å². The number of hydrogen-bond donors (Lipinski definition) is 1. The quantitative estimate of drug-likeness (QED) is 0.735. The van der Waals surface area contributed by atoms with Gasteiger partial charge in [0.05, 0.1) is 6.10 Å². The average Bonchev–Trinajstić information content (AvgIpc) is 3.04. The standard InChI is InChI=1S/C15H29NO/c1-11(2)4-9-15(12-5-6-12)16-13-7-8-14(10-13)17-3/h11-16H,4-10H2,1-3H3. The lowest BCUT2D eigenvalue weighted by Crippen LogP contribution is -2.38. The van der Waals surface area contributed by atoms with E-state index in [9.17, 15) is 0 Å². The molecule has 1 N–H and O–H groups in total. The highest BCUT2D eigenvalue weighted by Gasteiger charge is 2.34. The summed E-state index contributed by atoms with van der Waals surface area (Å²) in [5, 5.41) is 3.92. The summed E-state index contributed by atoms with van der Waals surface area (Å²) >= 11 is 0. The normalized spacial score (nSPS) is 31.1. The van der Waals surface area contributed by atoms with E-state index in [1.165, 1.54) is 44.9 Å². The van der Waals surface area contributed by atoms with Crippen molar-refractivity contribution in [2.45, 2.75) is 77.0 Å². The molecule has 0 aliphatic heterocycles. The summed E-state index contributed by atoms with van der Waals surface area (Å²) in [6.45, 7) is 4.67. The predicted octanol–water partition coefficient (Wildman–Crippen LogP) is 3.36. The fourth-order valence-electron chi connectivity index (χ4n) is 3.07. The lowest BCUT2D eigenvalue weighted by atomic mass is 9.99. The van der Waals surface area contributed by atoms with Crippen molar-refractivity contribution in [3.63, 3.8) is 0 Å². The first kappa shape index (κ1) is 13.4. The first-order valence-corrected chi connectivity index (χ1v) is 7.48. The number of methoxy groups -OCH3 is 1. The van der Waals surface area contributed by atoms with Gasteiger partial charge in [-0.1, -0.05) is 13.8 Å². The Labute approximate surface area is 107 Å². The minimum Gasteiger partial charge on any atom is -0.381 e. The van der Waals surface area contributed by atoms with Crippen LogP contribution in [0.2, 0.25) is 0 Å². The van der Waals surface area contributed by atoms with Gasteiger partial charge in [-0.25, -0.2) is 0 Å². The molecule has 2 saturated carbocycles. The Bertz CT molecular complexity index is 225. The molecule has 2 rings (SSSR count). The van der Waals surface area contributed by atoms with Crippen molar-refractivity contribution >= 4 is 0 Å². The van der Waals surface area contributed by atoms with Crippen LogP contribution in [0.1, 0.15) is 58.8 Å². The molecule has 0 bridgehead atoms. The molecule has 0 amide bonds. The van der Waals surface area contributed by atoms with Crippen molar-refractivity contribution in [2.75, 3.05) is 7.11 Å². The molecule has 2 fully saturated rings. The Morgan fingerprint density at radius 1 is 1.12 bits per heavy atom. The van der Waals surface area contributed by atoms with E-state index in [2.05, 4.69) is 19.2 Å². The molecule has 2 aliphatic carbocycles. The van der Waals surface area contributed by atoms with Gasteiger partial charge in [-0.3, -0.25) is 0 Å². The van der Waals surface area contributed by atoms with Gasteiger partial charge in [-0.2, -0.15) is 0 Å². The highest BCUT2D eigenvalue weighted by molar-refractivity contribution is 4.91. The maximum atomic E-state index is 5.46. The summed E-state index contributed by atoms with van der Waals surface area (Å²) in [6.07, 6.45) is 9.94. The number of ether oxygens (including phenoxy) is 1. The van der Waals surface area contributed by atoms with Gasteiger partial charge in [0.2, 0.25) is 0 Å². The first-order valence-electron chi connectivity index (χ1n) is 7.48. The van der Waals surface area contributed by atoms with E-state index in [1.807, 2.05) is 7.11 Å². The van der Waals surface area contributed by atoms with Crippen LogP contribution >= 0.6 is 0 Å². The molecule has 3 unspecified atom stereocenters. The largest absolute Gasteiger partial charge is 0.381 e. The van der Waals surface area contributed by atoms with Gasteiger partial charge in [0.1, 0.15) is 0 Å². The van der Waals surface area contributed by atoms with E-state index >= 15 is 0 Å². The van der Waals surface area contributed by atoms with Crippen LogP contribution < -0.4 is 5.32 Å². The van der Waals surface area contributed by atoms with Gasteiger partial charge >= 0.3 is 0 Å². The Morgan fingerprint density at radius 2 is 1.88 bits per heavy atom. The second-order valence-corrected chi connectivity index (χ2v) is 6.45. The van der Waals surface area contributed by atoms with Gasteiger partial charge in [0.15, 0.2) is 0 Å². The molecule has 0 radical (unpaired) electrons. The van der Waals surface area contributed by atoms with Crippen LogP contribution in [0, 0.1) is 11.8 Å². The van der Waals surface area contributed by atoms with E-state index in [-0.39, 0.29) is 0 Å². The predicted molar refractivity (Wildman–Crippen MR) is 72.2 cm³/mol. The second-order valence-electron chi connectivity index (χ2n) is 6.45. The third-order valence-electron chi connectivity index (χ3n) is 4.41. The minimum atomic E-state index is 0.512. The maximum absolute atomic E-state index is 5.46. The summed E-state index contributed by atoms with van der Waals surface area (Å²) in [5.74, 6) is 1.82. The molecular weight excluding hydrogens is 210 g/mol. The van der Waals surface area contributed by atoms with Crippen LogP contribution in [-0.4, -0.2) is 25.3 Å². The Balaban J connectivity index is 1.73. The highest BCUT2D eigenvalue weighted by Crippen LogP contribution is 2.36. The Kier molecular flexibility index (Phi) is 4.87. The SMILES string of the molecule is COC1CCC(NC(CCC(C)C)C2CC2)C1. The van der Waals surface area contributed by atoms with Crippen LogP contribution in [0.25, 0.3) is 0 Å². The molecule has 0 heterocycles. The molecule has 17 heavy (non-hydrogen) atoms. The van der Waals surface area contributed by atoms with Crippen LogP contribution in [0.4, 0.5) is 0 Å². The monoisotopic (exact) mass is 239 g/mol. The van der Waals surface area contributed by atoms with E-state index in [4.69, 9.17) is 4.74 Å². The van der Waals surface area contributed by atoms with Gasteiger partial charge < -0.3 is 10.1 Å². The summed E-state index contributed by atoms with van der Waals surface area (Å²) < 4.78 is 5.46. The molecule has 0 aromatic rings. The average molecular weight is 239 g/mol. The van der Waals surface area contributed by atoms with Crippen molar-refractivity contribution in [3.8, 4) is 0 Å². The highest BCUT2D eigenvalue weighted by atomic mass is 16.5. The summed E-state index contributed by atoms with van der Waals surface area (Å²) in [7, 11) is 1.85. The van der Waals surface area contributed by atoms with Gasteiger partial charge in [-0.15, -0.1) is 0 Å². The second kappa shape index (κ2) is 6.19.